The Balaban J connectivity index is 2.43. The van der Waals surface area contributed by atoms with Crippen LogP contribution in [-0.2, 0) is 4.74 Å². The molecule has 0 atom stereocenters. The summed E-state index contributed by atoms with van der Waals surface area (Å²) in [5.74, 6) is -0.576. The van der Waals surface area contributed by atoms with Gasteiger partial charge in [0.25, 0.3) is 0 Å². The molecule has 0 aromatic rings. The van der Waals surface area contributed by atoms with Crippen molar-refractivity contribution in [3.05, 3.63) is 36.6 Å². The van der Waals surface area contributed by atoms with E-state index in [9.17, 15) is 8.78 Å². The highest BCUT2D eigenvalue weighted by atomic mass is 19.2. The van der Waals surface area contributed by atoms with Crippen LogP contribution in [0.3, 0.4) is 0 Å². The number of hydrogen-bond donors (Lipinski definition) is 0. The highest BCUT2D eigenvalue weighted by molar-refractivity contribution is 5.21. The van der Waals surface area contributed by atoms with E-state index in [0.717, 1.165) is 12.8 Å². The molecule has 0 aromatic carbocycles. The molecule has 1 fully saturated rings. The summed E-state index contributed by atoms with van der Waals surface area (Å²) in [5, 5.41) is 0. The number of ether oxygens (including phenoxy) is 1. The second kappa shape index (κ2) is 7.20. The molecule has 3 heteroatoms. The maximum atomic E-state index is 13.0. The zero-order valence-corrected chi connectivity index (χ0v) is 9.42. The van der Waals surface area contributed by atoms with Gasteiger partial charge in [-0.2, -0.15) is 0 Å². The normalized spacial score (nSPS) is 19.6. The van der Waals surface area contributed by atoms with Crippen LogP contribution >= 0.6 is 0 Å². The average molecular weight is 228 g/mol. The molecule has 0 spiro atoms. The van der Waals surface area contributed by atoms with Crippen molar-refractivity contribution in [1.82, 2.24) is 0 Å². The van der Waals surface area contributed by atoms with Gasteiger partial charge in [0.05, 0.1) is 6.61 Å². The van der Waals surface area contributed by atoms with Gasteiger partial charge in [-0.15, -0.1) is 0 Å². The van der Waals surface area contributed by atoms with E-state index >= 15 is 0 Å². The largest absolute Gasteiger partial charge is 0.490 e. The number of halogens is 2. The third-order valence-electron chi connectivity index (χ3n) is 2.80. The predicted molar refractivity (Wildman–Crippen MR) is 61.1 cm³/mol. The Kier molecular flexibility index (Phi) is 5.83. The maximum absolute atomic E-state index is 13.0. The van der Waals surface area contributed by atoms with E-state index < -0.39 is 5.83 Å². The van der Waals surface area contributed by atoms with Crippen LogP contribution in [0, 0.1) is 5.92 Å². The average Bonchev–Trinajstić information content (AvgIpc) is 2.34. The van der Waals surface area contributed by atoms with Crippen LogP contribution in [-0.4, -0.2) is 6.61 Å². The first kappa shape index (κ1) is 12.9. The van der Waals surface area contributed by atoms with Gasteiger partial charge >= 0.3 is 0 Å². The lowest BCUT2D eigenvalue weighted by atomic mass is 9.90. The smallest absolute Gasteiger partial charge is 0.193 e. The van der Waals surface area contributed by atoms with E-state index in [1.807, 2.05) is 0 Å². The lowest BCUT2D eigenvalue weighted by Gasteiger charge is -2.22. The molecule has 1 saturated carbocycles. The Morgan fingerprint density at radius 1 is 1.31 bits per heavy atom. The zero-order chi connectivity index (χ0) is 11.8. The summed E-state index contributed by atoms with van der Waals surface area (Å²) in [6.07, 6.45) is 8.55. The molecule has 90 valence electrons. The van der Waals surface area contributed by atoms with Gasteiger partial charge in [-0.3, -0.25) is 0 Å². The van der Waals surface area contributed by atoms with Crippen LogP contribution in [0.15, 0.2) is 36.6 Å². The fourth-order valence-electron chi connectivity index (χ4n) is 1.92. The van der Waals surface area contributed by atoms with E-state index in [1.54, 1.807) is 0 Å². The van der Waals surface area contributed by atoms with Crippen molar-refractivity contribution in [1.29, 1.82) is 0 Å². The first-order valence-electron chi connectivity index (χ1n) is 5.69. The van der Waals surface area contributed by atoms with Crippen molar-refractivity contribution in [3.8, 4) is 0 Å². The van der Waals surface area contributed by atoms with Gasteiger partial charge in [-0.25, -0.2) is 8.78 Å². The SMILES string of the molecule is C=C/C=C(OCC1CCCCC1)\C(F)=C\F. The molecule has 1 aliphatic rings. The van der Waals surface area contributed by atoms with Gasteiger partial charge in [0.1, 0.15) is 6.33 Å². The number of hydrogen-bond acceptors (Lipinski definition) is 1. The molecular formula is C13H18F2O. The second-order valence-electron chi connectivity index (χ2n) is 4.04. The Hall–Kier alpha value is -1.12. The fraction of sp³-hybridized carbons (Fsp3) is 0.538. The summed E-state index contributed by atoms with van der Waals surface area (Å²) in [4.78, 5) is 0. The Labute approximate surface area is 95.5 Å². The summed E-state index contributed by atoms with van der Waals surface area (Å²) in [6, 6.07) is 0. The van der Waals surface area contributed by atoms with Crippen molar-refractivity contribution in [2.75, 3.05) is 6.61 Å². The molecule has 0 aliphatic heterocycles. The molecular weight excluding hydrogens is 210 g/mol. The highest BCUT2D eigenvalue weighted by Crippen LogP contribution is 2.25. The van der Waals surface area contributed by atoms with Crippen molar-refractivity contribution in [3.63, 3.8) is 0 Å². The minimum atomic E-state index is -0.976. The molecule has 16 heavy (non-hydrogen) atoms. The zero-order valence-electron chi connectivity index (χ0n) is 9.42. The molecule has 1 rings (SSSR count). The van der Waals surface area contributed by atoms with Gasteiger partial charge in [-0.05, 0) is 24.8 Å². The number of rotatable bonds is 5. The van der Waals surface area contributed by atoms with E-state index in [1.165, 1.54) is 31.4 Å². The maximum Gasteiger partial charge on any atom is 0.193 e. The topological polar surface area (TPSA) is 9.23 Å². The molecule has 0 saturated heterocycles. The molecule has 0 heterocycles. The van der Waals surface area contributed by atoms with Crippen LogP contribution in [0.4, 0.5) is 8.78 Å². The van der Waals surface area contributed by atoms with Crippen molar-refractivity contribution in [2.45, 2.75) is 32.1 Å². The third kappa shape index (κ3) is 4.17. The quantitative estimate of drug-likeness (QED) is 0.499. The standard InChI is InChI=1S/C13H18F2O/c1-2-6-13(12(15)9-14)16-10-11-7-4-3-5-8-11/h2,6,9,11H,1,3-5,7-8,10H2/b12-9-,13-6+. The number of allylic oxidation sites excluding steroid dienone is 3. The van der Waals surface area contributed by atoms with E-state index in [-0.39, 0.29) is 12.1 Å². The van der Waals surface area contributed by atoms with Crippen molar-refractivity contribution < 1.29 is 13.5 Å². The van der Waals surface area contributed by atoms with Crippen LogP contribution in [0.5, 0.6) is 0 Å². The molecule has 0 bridgehead atoms. The summed E-state index contributed by atoms with van der Waals surface area (Å²) in [6.45, 7) is 3.90. The first-order chi connectivity index (χ1) is 7.77. The van der Waals surface area contributed by atoms with Crippen molar-refractivity contribution >= 4 is 0 Å². The van der Waals surface area contributed by atoms with Gasteiger partial charge in [0.15, 0.2) is 11.6 Å². The van der Waals surface area contributed by atoms with E-state index in [4.69, 9.17) is 4.74 Å². The fourth-order valence-corrected chi connectivity index (χ4v) is 1.92. The molecule has 0 unspecified atom stereocenters. The molecule has 1 aliphatic carbocycles. The van der Waals surface area contributed by atoms with Crippen LogP contribution in [0.2, 0.25) is 0 Å². The van der Waals surface area contributed by atoms with Gasteiger partial charge in [0.2, 0.25) is 0 Å². The molecule has 1 nitrogen and oxygen atoms in total. The second-order valence-corrected chi connectivity index (χ2v) is 4.04. The lowest BCUT2D eigenvalue weighted by molar-refractivity contribution is 0.140. The van der Waals surface area contributed by atoms with Crippen LogP contribution in [0.1, 0.15) is 32.1 Å². The first-order valence-corrected chi connectivity index (χ1v) is 5.69. The van der Waals surface area contributed by atoms with Crippen LogP contribution in [0.25, 0.3) is 0 Å². The molecule has 0 aromatic heterocycles. The summed E-state index contributed by atoms with van der Waals surface area (Å²) < 4.78 is 30.3. The van der Waals surface area contributed by atoms with Gasteiger partial charge in [-0.1, -0.05) is 31.9 Å². The summed E-state index contributed by atoms with van der Waals surface area (Å²) in [7, 11) is 0. The Morgan fingerprint density at radius 2 is 2.00 bits per heavy atom. The predicted octanol–water partition coefficient (Wildman–Crippen LogP) is 4.43. The Morgan fingerprint density at radius 3 is 2.56 bits per heavy atom. The monoisotopic (exact) mass is 228 g/mol. The van der Waals surface area contributed by atoms with Gasteiger partial charge < -0.3 is 4.74 Å². The van der Waals surface area contributed by atoms with Crippen molar-refractivity contribution in [2.24, 2.45) is 5.92 Å². The minimum Gasteiger partial charge on any atom is -0.490 e. The highest BCUT2D eigenvalue weighted by Gasteiger charge is 2.15. The summed E-state index contributed by atoms with van der Waals surface area (Å²) >= 11 is 0. The van der Waals surface area contributed by atoms with E-state index in [0.29, 0.717) is 12.5 Å². The summed E-state index contributed by atoms with van der Waals surface area (Å²) in [5.41, 5.74) is 0. The molecule has 0 amide bonds. The molecule has 0 N–H and O–H groups in total. The van der Waals surface area contributed by atoms with E-state index in [2.05, 4.69) is 6.58 Å². The minimum absolute atomic E-state index is 0.0666. The Bertz CT molecular complexity index is 276. The molecule has 0 radical (unpaired) electrons. The van der Waals surface area contributed by atoms with Gasteiger partial charge in [0, 0.05) is 0 Å². The third-order valence-corrected chi connectivity index (χ3v) is 2.80. The lowest BCUT2D eigenvalue weighted by Crippen LogP contribution is -2.13. The van der Waals surface area contributed by atoms with Crippen LogP contribution < -0.4 is 0 Å².